The molecule has 5 nitrogen and oxygen atoms in total. The standard InChI is InChI=1S/C22H26N4O.HI/c1-2-7-19(8-3-1)11-15-24-22(26-17-13-21-10-6-18-27-21)25-16-12-20-9-4-5-14-23-20;/h1-10,14,18H,11-13,15-17H2,(H2,24,25,26);1H. The van der Waals surface area contributed by atoms with Crippen LogP contribution in [0.5, 0.6) is 0 Å². The Balaban J connectivity index is 0.00000280. The van der Waals surface area contributed by atoms with Gasteiger partial charge in [0.25, 0.3) is 0 Å². The number of pyridine rings is 1. The summed E-state index contributed by atoms with van der Waals surface area (Å²) >= 11 is 0. The van der Waals surface area contributed by atoms with Crippen molar-refractivity contribution < 1.29 is 4.42 Å². The summed E-state index contributed by atoms with van der Waals surface area (Å²) in [6, 6.07) is 20.3. The van der Waals surface area contributed by atoms with Crippen molar-refractivity contribution in [3.63, 3.8) is 0 Å². The molecule has 2 aromatic heterocycles. The SMILES string of the molecule is I.c1ccc(CCNC(=NCCc2ccco2)NCCc2ccccn2)cc1. The molecule has 0 aliphatic carbocycles. The summed E-state index contributed by atoms with van der Waals surface area (Å²) in [4.78, 5) is 9.04. The third-order valence-electron chi connectivity index (χ3n) is 4.16. The van der Waals surface area contributed by atoms with Crippen LogP contribution in [0, 0.1) is 0 Å². The van der Waals surface area contributed by atoms with Gasteiger partial charge >= 0.3 is 0 Å². The molecule has 6 heteroatoms. The third-order valence-corrected chi connectivity index (χ3v) is 4.16. The van der Waals surface area contributed by atoms with E-state index in [-0.39, 0.29) is 24.0 Å². The summed E-state index contributed by atoms with van der Waals surface area (Å²) in [7, 11) is 0. The third kappa shape index (κ3) is 8.12. The average Bonchev–Trinajstić information content (AvgIpc) is 3.23. The number of nitrogens with zero attached hydrogens (tertiary/aromatic N) is 2. The number of guanidine groups is 1. The van der Waals surface area contributed by atoms with Crippen molar-refractivity contribution in [1.82, 2.24) is 15.6 Å². The average molecular weight is 490 g/mol. The van der Waals surface area contributed by atoms with Gasteiger partial charge in [0.2, 0.25) is 0 Å². The smallest absolute Gasteiger partial charge is 0.191 e. The molecule has 148 valence electrons. The zero-order chi connectivity index (χ0) is 18.6. The zero-order valence-electron chi connectivity index (χ0n) is 15.9. The van der Waals surface area contributed by atoms with Crippen molar-refractivity contribution in [2.24, 2.45) is 4.99 Å². The van der Waals surface area contributed by atoms with E-state index in [0.717, 1.165) is 49.8 Å². The summed E-state index contributed by atoms with van der Waals surface area (Å²) < 4.78 is 5.37. The van der Waals surface area contributed by atoms with Crippen molar-refractivity contribution in [2.45, 2.75) is 19.3 Å². The van der Waals surface area contributed by atoms with Crippen LogP contribution in [0.4, 0.5) is 0 Å². The molecule has 0 saturated carbocycles. The van der Waals surface area contributed by atoms with Crippen LogP contribution >= 0.6 is 24.0 Å². The first-order valence-electron chi connectivity index (χ1n) is 9.38. The Labute approximate surface area is 183 Å². The van der Waals surface area contributed by atoms with Crippen LogP contribution in [0.3, 0.4) is 0 Å². The number of benzene rings is 1. The van der Waals surface area contributed by atoms with Gasteiger partial charge in [-0.15, -0.1) is 24.0 Å². The second-order valence-electron chi connectivity index (χ2n) is 6.22. The first-order chi connectivity index (χ1) is 13.4. The lowest BCUT2D eigenvalue weighted by Gasteiger charge is -2.12. The van der Waals surface area contributed by atoms with E-state index in [1.807, 2.05) is 42.6 Å². The molecule has 28 heavy (non-hydrogen) atoms. The van der Waals surface area contributed by atoms with Crippen LogP contribution in [0.2, 0.25) is 0 Å². The highest BCUT2D eigenvalue weighted by Gasteiger charge is 2.01. The van der Waals surface area contributed by atoms with Gasteiger partial charge in [-0.2, -0.15) is 0 Å². The summed E-state index contributed by atoms with van der Waals surface area (Å²) in [6.45, 7) is 2.30. The molecule has 0 unspecified atom stereocenters. The highest BCUT2D eigenvalue weighted by molar-refractivity contribution is 14.0. The molecule has 1 aromatic carbocycles. The first-order valence-corrected chi connectivity index (χ1v) is 9.38. The molecule has 0 atom stereocenters. The van der Waals surface area contributed by atoms with Gasteiger partial charge in [0.05, 0.1) is 6.26 Å². The number of aromatic nitrogens is 1. The normalized spacial score (nSPS) is 10.9. The predicted octanol–water partition coefficient (Wildman–Crippen LogP) is 3.86. The topological polar surface area (TPSA) is 62.5 Å². The molecule has 0 saturated heterocycles. The molecule has 3 rings (SSSR count). The number of furan rings is 1. The van der Waals surface area contributed by atoms with Crippen LogP contribution < -0.4 is 10.6 Å². The fourth-order valence-electron chi connectivity index (χ4n) is 2.73. The lowest BCUT2D eigenvalue weighted by Crippen LogP contribution is -2.39. The fraction of sp³-hybridized carbons (Fsp3) is 0.273. The lowest BCUT2D eigenvalue weighted by atomic mass is 10.1. The molecule has 0 aliphatic heterocycles. The van der Waals surface area contributed by atoms with Crippen LogP contribution in [0.1, 0.15) is 17.0 Å². The van der Waals surface area contributed by atoms with E-state index >= 15 is 0 Å². The monoisotopic (exact) mass is 490 g/mol. The maximum atomic E-state index is 5.37. The summed E-state index contributed by atoms with van der Waals surface area (Å²) in [6.07, 6.45) is 6.13. The van der Waals surface area contributed by atoms with Crippen molar-refractivity contribution in [1.29, 1.82) is 0 Å². The van der Waals surface area contributed by atoms with E-state index in [4.69, 9.17) is 4.42 Å². The number of rotatable bonds is 9. The Hall–Kier alpha value is -2.35. The molecule has 0 radical (unpaired) electrons. The molecule has 2 N–H and O–H groups in total. The second kappa shape index (κ2) is 12.9. The summed E-state index contributed by atoms with van der Waals surface area (Å²) in [5.74, 6) is 1.78. The fourth-order valence-corrected chi connectivity index (χ4v) is 2.73. The largest absolute Gasteiger partial charge is 0.469 e. The van der Waals surface area contributed by atoms with Crippen LogP contribution in [-0.2, 0) is 19.3 Å². The van der Waals surface area contributed by atoms with Gasteiger partial charge in [0.15, 0.2) is 5.96 Å². The summed E-state index contributed by atoms with van der Waals surface area (Å²) in [5, 5.41) is 6.83. The molecule has 0 bridgehead atoms. The van der Waals surface area contributed by atoms with Gasteiger partial charge in [0.1, 0.15) is 5.76 Å². The second-order valence-corrected chi connectivity index (χ2v) is 6.22. The van der Waals surface area contributed by atoms with Gasteiger partial charge in [-0.1, -0.05) is 36.4 Å². The zero-order valence-corrected chi connectivity index (χ0v) is 18.2. The number of hydrogen-bond donors (Lipinski definition) is 2. The van der Waals surface area contributed by atoms with Crippen LogP contribution in [-0.4, -0.2) is 30.6 Å². The highest BCUT2D eigenvalue weighted by Crippen LogP contribution is 2.01. The van der Waals surface area contributed by atoms with Crippen molar-refractivity contribution in [3.8, 4) is 0 Å². The number of halogens is 1. The molecular weight excluding hydrogens is 463 g/mol. The van der Waals surface area contributed by atoms with Gasteiger partial charge in [0, 0.05) is 44.4 Å². The van der Waals surface area contributed by atoms with Crippen molar-refractivity contribution in [3.05, 3.63) is 90.1 Å². The molecular formula is C22H27IN4O. The Morgan fingerprint density at radius 1 is 0.857 bits per heavy atom. The lowest BCUT2D eigenvalue weighted by molar-refractivity contribution is 0.510. The molecule has 3 aromatic rings. The predicted molar refractivity (Wildman–Crippen MR) is 124 cm³/mol. The molecule has 0 spiro atoms. The highest BCUT2D eigenvalue weighted by atomic mass is 127. The quantitative estimate of drug-likeness (QED) is 0.272. The van der Waals surface area contributed by atoms with Gasteiger partial charge in [-0.3, -0.25) is 9.98 Å². The Morgan fingerprint density at radius 2 is 1.64 bits per heavy atom. The number of nitrogens with one attached hydrogen (secondary N) is 2. The van der Waals surface area contributed by atoms with Gasteiger partial charge in [-0.25, -0.2) is 0 Å². The summed E-state index contributed by atoms with van der Waals surface area (Å²) in [5.41, 5.74) is 2.39. The maximum absolute atomic E-state index is 5.37. The van der Waals surface area contributed by atoms with E-state index in [1.165, 1.54) is 5.56 Å². The molecule has 2 heterocycles. The van der Waals surface area contributed by atoms with E-state index in [9.17, 15) is 0 Å². The maximum Gasteiger partial charge on any atom is 0.191 e. The van der Waals surface area contributed by atoms with E-state index < -0.39 is 0 Å². The van der Waals surface area contributed by atoms with E-state index in [1.54, 1.807) is 6.26 Å². The van der Waals surface area contributed by atoms with Gasteiger partial charge in [-0.05, 0) is 36.2 Å². The van der Waals surface area contributed by atoms with Crippen molar-refractivity contribution >= 4 is 29.9 Å². The minimum Gasteiger partial charge on any atom is -0.469 e. The Bertz CT molecular complexity index is 744. The first kappa shape index (κ1) is 21.9. The number of aliphatic imine (C=N–C) groups is 1. The number of hydrogen-bond acceptors (Lipinski definition) is 3. The molecule has 0 aliphatic rings. The molecule has 0 amide bonds. The minimum absolute atomic E-state index is 0. The van der Waals surface area contributed by atoms with Crippen molar-refractivity contribution in [2.75, 3.05) is 19.6 Å². The Morgan fingerprint density at radius 3 is 2.36 bits per heavy atom. The Kier molecular flexibility index (Phi) is 10.1. The van der Waals surface area contributed by atoms with Crippen LogP contribution in [0.15, 0.2) is 82.5 Å². The van der Waals surface area contributed by atoms with Crippen LogP contribution in [0.25, 0.3) is 0 Å². The molecule has 0 fully saturated rings. The van der Waals surface area contributed by atoms with Gasteiger partial charge < -0.3 is 15.1 Å². The van der Waals surface area contributed by atoms with E-state index in [0.29, 0.717) is 6.54 Å². The van der Waals surface area contributed by atoms with E-state index in [2.05, 4.69) is 44.9 Å². The minimum atomic E-state index is 0.